The maximum Gasteiger partial charge on any atom is 0.252 e. The van der Waals surface area contributed by atoms with Crippen LogP contribution in [0, 0.1) is 11.8 Å². The predicted octanol–water partition coefficient (Wildman–Crippen LogP) is 0.588. The van der Waals surface area contributed by atoms with Gasteiger partial charge in [0.15, 0.2) is 0 Å². The smallest absolute Gasteiger partial charge is 0.252 e. The minimum atomic E-state index is -3.59. The number of morpholine rings is 1. The van der Waals surface area contributed by atoms with Gasteiger partial charge in [0.2, 0.25) is 15.9 Å². The third-order valence-corrected chi connectivity index (χ3v) is 6.38. The highest BCUT2D eigenvalue weighted by atomic mass is 32.2. The fourth-order valence-electron chi connectivity index (χ4n) is 2.80. The largest absolute Gasteiger partial charge is 0.379 e. The first kappa shape index (κ1) is 21.5. The highest BCUT2D eigenvalue weighted by Crippen LogP contribution is 2.17. The number of hydrogen-bond acceptors (Lipinski definition) is 5. The van der Waals surface area contributed by atoms with Gasteiger partial charge in [-0.1, -0.05) is 11.8 Å². The molecular formula is C21H21N3O5S. The van der Waals surface area contributed by atoms with E-state index in [-0.39, 0.29) is 17.3 Å². The molecule has 0 atom stereocenters. The number of sulfonamides is 1. The van der Waals surface area contributed by atoms with E-state index in [1.165, 1.54) is 28.6 Å². The summed E-state index contributed by atoms with van der Waals surface area (Å²) in [6.45, 7) is 1.49. The lowest BCUT2D eigenvalue weighted by Crippen LogP contribution is -2.40. The average molecular weight is 427 g/mol. The normalized spacial score (nSPS) is 14.4. The molecule has 0 radical (unpaired) electrons. The Morgan fingerprint density at radius 3 is 2.20 bits per heavy atom. The summed E-state index contributed by atoms with van der Waals surface area (Å²) in [4.78, 5) is 23.4. The van der Waals surface area contributed by atoms with Gasteiger partial charge < -0.3 is 15.8 Å². The van der Waals surface area contributed by atoms with Crippen LogP contribution in [-0.4, -0.2) is 57.4 Å². The molecule has 156 valence electrons. The van der Waals surface area contributed by atoms with E-state index in [0.717, 1.165) is 0 Å². The number of carbonyl (C=O) groups excluding carboxylic acids is 2. The zero-order valence-corrected chi connectivity index (χ0v) is 16.9. The molecule has 0 aliphatic carbocycles. The SMILES string of the molecule is NC(=O)c1ccc(C#CCNC(=O)c2ccc(S(=O)(=O)N3CCOCC3)cc2)cc1. The van der Waals surface area contributed by atoms with Gasteiger partial charge in [0.05, 0.1) is 24.7 Å². The zero-order valence-electron chi connectivity index (χ0n) is 16.1. The Balaban J connectivity index is 1.57. The van der Waals surface area contributed by atoms with Gasteiger partial charge in [0, 0.05) is 29.8 Å². The summed E-state index contributed by atoms with van der Waals surface area (Å²) in [5.41, 5.74) is 6.60. The minimum Gasteiger partial charge on any atom is -0.379 e. The van der Waals surface area contributed by atoms with Gasteiger partial charge in [-0.2, -0.15) is 4.31 Å². The molecule has 30 heavy (non-hydrogen) atoms. The summed E-state index contributed by atoms with van der Waals surface area (Å²) in [6, 6.07) is 12.3. The van der Waals surface area contributed by atoms with Crippen LogP contribution < -0.4 is 11.1 Å². The van der Waals surface area contributed by atoms with Crippen LogP contribution in [0.5, 0.6) is 0 Å². The number of carbonyl (C=O) groups is 2. The highest BCUT2D eigenvalue weighted by molar-refractivity contribution is 7.89. The highest BCUT2D eigenvalue weighted by Gasteiger charge is 2.26. The molecule has 3 rings (SSSR count). The third-order valence-electron chi connectivity index (χ3n) is 4.46. The van der Waals surface area contributed by atoms with E-state index in [4.69, 9.17) is 10.5 Å². The van der Waals surface area contributed by atoms with Crippen LogP contribution in [0.2, 0.25) is 0 Å². The molecule has 0 unspecified atom stereocenters. The van der Waals surface area contributed by atoms with Crippen molar-refractivity contribution in [2.45, 2.75) is 4.90 Å². The number of benzene rings is 2. The molecule has 2 amide bonds. The summed E-state index contributed by atoms with van der Waals surface area (Å²) in [7, 11) is -3.59. The summed E-state index contributed by atoms with van der Waals surface area (Å²) in [5, 5.41) is 2.66. The summed E-state index contributed by atoms with van der Waals surface area (Å²) in [6.07, 6.45) is 0. The first-order valence-corrected chi connectivity index (χ1v) is 10.7. The van der Waals surface area contributed by atoms with Gasteiger partial charge in [-0.05, 0) is 48.5 Å². The van der Waals surface area contributed by atoms with E-state index in [0.29, 0.717) is 43.0 Å². The first-order valence-electron chi connectivity index (χ1n) is 9.23. The average Bonchev–Trinajstić information content (AvgIpc) is 2.77. The number of primary amides is 1. The second kappa shape index (κ2) is 9.54. The molecule has 0 saturated carbocycles. The lowest BCUT2D eigenvalue weighted by atomic mass is 10.1. The van der Waals surface area contributed by atoms with E-state index in [9.17, 15) is 18.0 Å². The molecule has 0 spiro atoms. The van der Waals surface area contributed by atoms with Gasteiger partial charge in [0.1, 0.15) is 0 Å². The Kier molecular flexibility index (Phi) is 6.84. The molecule has 0 bridgehead atoms. The second-order valence-electron chi connectivity index (χ2n) is 6.47. The van der Waals surface area contributed by atoms with Crippen LogP contribution in [0.25, 0.3) is 0 Å². The number of nitrogens with zero attached hydrogens (tertiary/aromatic N) is 1. The van der Waals surface area contributed by atoms with E-state index < -0.39 is 15.9 Å². The number of rotatable bonds is 5. The lowest BCUT2D eigenvalue weighted by Gasteiger charge is -2.26. The van der Waals surface area contributed by atoms with E-state index >= 15 is 0 Å². The minimum absolute atomic E-state index is 0.115. The van der Waals surface area contributed by atoms with Crippen molar-refractivity contribution in [2.24, 2.45) is 5.73 Å². The maximum absolute atomic E-state index is 12.6. The van der Waals surface area contributed by atoms with Crippen molar-refractivity contribution in [3.63, 3.8) is 0 Å². The molecule has 1 fully saturated rings. The Labute approximate surface area is 175 Å². The van der Waals surface area contributed by atoms with Crippen molar-refractivity contribution in [3.05, 3.63) is 65.2 Å². The second-order valence-corrected chi connectivity index (χ2v) is 8.40. The molecule has 0 aromatic heterocycles. The van der Waals surface area contributed by atoms with Gasteiger partial charge in [0.25, 0.3) is 5.91 Å². The van der Waals surface area contributed by atoms with E-state index in [1.54, 1.807) is 24.3 Å². The third kappa shape index (κ3) is 5.24. The van der Waals surface area contributed by atoms with E-state index in [1.807, 2.05) is 0 Å². The van der Waals surface area contributed by atoms with Crippen LogP contribution in [0.15, 0.2) is 53.4 Å². The van der Waals surface area contributed by atoms with Crippen LogP contribution in [0.4, 0.5) is 0 Å². The fraction of sp³-hybridized carbons (Fsp3) is 0.238. The van der Waals surface area contributed by atoms with Crippen LogP contribution >= 0.6 is 0 Å². The molecule has 3 N–H and O–H groups in total. The Morgan fingerprint density at radius 2 is 1.60 bits per heavy atom. The molecule has 9 heteroatoms. The topological polar surface area (TPSA) is 119 Å². The summed E-state index contributed by atoms with van der Waals surface area (Å²) >= 11 is 0. The van der Waals surface area contributed by atoms with Crippen molar-refractivity contribution >= 4 is 21.8 Å². The van der Waals surface area contributed by atoms with Crippen molar-refractivity contribution in [3.8, 4) is 11.8 Å². The number of nitrogens with two attached hydrogens (primary N) is 1. The number of nitrogens with one attached hydrogen (secondary N) is 1. The zero-order chi connectivity index (χ0) is 21.6. The predicted molar refractivity (Wildman–Crippen MR) is 110 cm³/mol. The van der Waals surface area contributed by atoms with Gasteiger partial charge in [-0.25, -0.2) is 8.42 Å². The molecule has 8 nitrogen and oxygen atoms in total. The quantitative estimate of drug-likeness (QED) is 0.677. The first-order chi connectivity index (χ1) is 14.4. The Hall–Kier alpha value is -3.19. The Morgan fingerprint density at radius 1 is 1.00 bits per heavy atom. The van der Waals surface area contributed by atoms with Crippen molar-refractivity contribution in [1.82, 2.24) is 9.62 Å². The molecule has 2 aromatic carbocycles. The molecule has 2 aromatic rings. The van der Waals surface area contributed by atoms with Gasteiger partial charge >= 0.3 is 0 Å². The lowest BCUT2D eigenvalue weighted by molar-refractivity contribution is 0.0730. The summed E-state index contributed by atoms with van der Waals surface area (Å²) < 4.78 is 31.8. The standard InChI is InChI=1S/C21H21N3O5S/c22-20(25)17-5-3-16(4-6-17)2-1-11-23-21(26)18-7-9-19(10-8-18)30(27,28)24-12-14-29-15-13-24/h3-10H,11-15H2,(H2,22,25)(H,23,26). The van der Waals surface area contributed by atoms with Crippen LogP contribution in [0.3, 0.4) is 0 Å². The van der Waals surface area contributed by atoms with Crippen molar-refractivity contribution in [2.75, 3.05) is 32.8 Å². The number of ether oxygens (including phenoxy) is 1. The monoisotopic (exact) mass is 427 g/mol. The van der Waals surface area contributed by atoms with Crippen molar-refractivity contribution in [1.29, 1.82) is 0 Å². The number of amides is 2. The number of hydrogen-bond donors (Lipinski definition) is 2. The van der Waals surface area contributed by atoms with E-state index in [2.05, 4.69) is 17.2 Å². The molecule has 1 aliphatic heterocycles. The molecule has 1 saturated heterocycles. The maximum atomic E-state index is 12.6. The van der Waals surface area contributed by atoms with Crippen LogP contribution in [-0.2, 0) is 14.8 Å². The summed E-state index contributed by atoms with van der Waals surface area (Å²) in [5.74, 6) is 4.82. The molecule has 1 aliphatic rings. The molecular weight excluding hydrogens is 406 g/mol. The van der Waals surface area contributed by atoms with Crippen molar-refractivity contribution < 1.29 is 22.7 Å². The Bertz CT molecular complexity index is 1080. The molecule has 1 heterocycles. The fourth-order valence-corrected chi connectivity index (χ4v) is 4.21. The van der Waals surface area contributed by atoms with Gasteiger partial charge in [-0.3, -0.25) is 9.59 Å². The van der Waals surface area contributed by atoms with Crippen LogP contribution in [0.1, 0.15) is 26.3 Å². The van der Waals surface area contributed by atoms with Gasteiger partial charge in [-0.15, -0.1) is 0 Å².